The molecule has 2 aliphatic heterocycles. The molecule has 5 atom stereocenters. The number of alkyl halides is 4. The maximum Gasteiger partial charge on any atom is 0.351 e. The van der Waals surface area contributed by atoms with Gasteiger partial charge in [-0.1, -0.05) is 42.5 Å². The number of hydrogen-bond donors (Lipinski definition) is 4. The van der Waals surface area contributed by atoms with Gasteiger partial charge in [0.15, 0.2) is 6.10 Å². The SMILES string of the molecule is C.C.CCC1(CC)O[C@@H](n2ccc(N)nc2=O)C(F)(F)[C@@H]1C.CC[C@]1(CO)O[C@@H](n2ccc(N)nc2=O)C(F)(F)[C@@H]1O. The van der Waals surface area contributed by atoms with Crippen LogP contribution in [0, 0.1) is 5.92 Å². The number of aromatic nitrogens is 4. The molecule has 6 N–H and O–H groups in total. The second-order valence-electron chi connectivity index (χ2n) is 9.85. The van der Waals surface area contributed by atoms with E-state index in [1.807, 2.05) is 13.8 Å². The molecule has 0 saturated carbocycles. The van der Waals surface area contributed by atoms with Crippen molar-refractivity contribution >= 4 is 11.6 Å². The van der Waals surface area contributed by atoms with Crippen molar-refractivity contribution in [1.82, 2.24) is 19.1 Å². The van der Waals surface area contributed by atoms with Gasteiger partial charge in [0.2, 0.25) is 12.5 Å². The number of ether oxygens (including phenoxy) is 2. The monoisotopic (exact) mass is 610 g/mol. The number of rotatable bonds is 6. The number of nitrogens with zero attached hydrogens (tertiary/aromatic N) is 4. The normalized spacial score (nSPS) is 28.6. The first-order valence-electron chi connectivity index (χ1n) is 12.7. The Hall–Kier alpha value is -3.08. The molecule has 42 heavy (non-hydrogen) atoms. The fourth-order valence-electron chi connectivity index (χ4n) is 5.05. The Balaban J connectivity index is 0.000000401. The van der Waals surface area contributed by atoms with E-state index < -0.39 is 65.5 Å². The molecule has 2 aromatic rings. The maximum atomic E-state index is 14.5. The minimum Gasteiger partial charge on any atom is -0.393 e. The Labute approximate surface area is 241 Å². The van der Waals surface area contributed by atoms with Gasteiger partial charge < -0.3 is 31.2 Å². The number of halogens is 4. The van der Waals surface area contributed by atoms with Gasteiger partial charge in [-0.3, -0.25) is 9.13 Å². The van der Waals surface area contributed by atoms with Gasteiger partial charge in [0.25, 0.3) is 5.92 Å². The molecular weight excluding hydrogens is 568 g/mol. The Morgan fingerprint density at radius 3 is 1.52 bits per heavy atom. The number of aliphatic hydroxyl groups is 2. The molecule has 0 aliphatic carbocycles. The first-order valence-corrected chi connectivity index (χ1v) is 12.7. The average molecular weight is 611 g/mol. The van der Waals surface area contributed by atoms with Crippen LogP contribution in [0.2, 0.25) is 0 Å². The predicted molar refractivity (Wildman–Crippen MR) is 148 cm³/mol. The van der Waals surface area contributed by atoms with Crippen LogP contribution in [-0.2, 0) is 9.47 Å². The number of nitrogen functional groups attached to an aromatic ring is 2. The summed E-state index contributed by atoms with van der Waals surface area (Å²) in [5.41, 5.74) is 6.05. The van der Waals surface area contributed by atoms with Crippen molar-refractivity contribution in [3.8, 4) is 0 Å². The zero-order valence-electron chi connectivity index (χ0n) is 22.4. The lowest BCUT2D eigenvalue weighted by Crippen LogP contribution is -2.48. The van der Waals surface area contributed by atoms with Crippen molar-refractivity contribution in [2.24, 2.45) is 5.92 Å². The van der Waals surface area contributed by atoms with E-state index in [1.165, 1.54) is 26.1 Å². The molecule has 2 fully saturated rings. The molecule has 16 heteroatoms. The third-order valence-corrected chi connectivity index (χ3v) is 7.85. The third-order valence-electron chi connectivity index (χ3n) is 7.85. The summed E-state index contributed by atoms with van der Waals surface area (Å²) in [6.07, 6.45) is -2.85. The van der Waals surface area contributed by atoms with Gasteiger partial charge in [-0.15, -0.1) is 0 Å². The Morgan fingerprint density at radius 1 is 0.833 bits per heavy atom. The van der Waals surface area contributed by atoms with E-state index in [-0.39, 0.29) is 32.9 Å². The molecule has 0 radical (unpaired) electrons. The zero-order valence-corrected chi connectivity index (χ0v) is 22.4. The molecule has 12 nitrogen and oxygen atoms in total. The molecule has 0 spiro atoms. The summed E-state index contributed by atoms with van der Waals surface area (Å²) in [5, 5.41) is 19.0. The van der Waals surface area contributed by atoms with Gasteiger partial charge in [-0.2, -0.15) is 18.7 Å². The molecule has 2 aliphatic rings. The van der Waals surface area contributed by atoms with E-state index in [2.05, 4.69) is 9.97 Å². The summed E-state index contributed by atoms with van der Waals surface area (Å²) >= 11 is 0. The molecule has 0 bridgehead atoms. The van der Waals surface area contributed by atoms with E-state index in [0.717, 1.165) is 16.8 Å². The highest BCUT2D eigenvalue weighted by molar-refractivity contribution is 5.24. The van der Waals surface area contributed by atoms with Gasteiger partial charge in [-0.25, -0.2) is 18.4 Å². The zero-order chi connectivity index (χ0) is 30.3. The molecule has 4 rings (SSSR count). The van der Waals surface area contributed by atoms with Crippen molar-refractivity contribution in [2.75, 3.05) is 18.1 Å². The van der Waals surface area contributed by atoms with Crippen LogP contribution in [0.25, 0.3) is 0 Å². The number of anilines is 2. The number of nitrogens with two attached hydrogens (primary N) is 2. The second kappa shape index (κ2) is 13.1. The summed E-state index contributed by atoms with van der Waals surface area (Å²) in [6, 6.07) is 2.47. The average Bonchev–Trinajstić information content (AvgIpc) is 3.23. The van der Waals surface area contributed by atoms with Crippen molar-refractivity contribution in [3.05, 3.63) is 45.5 Å². The van der Waals surface area contributed by atoms with Gasteiger partial charge >= 0.3 is 17.3 Å². The van der Waals surface area contributed by atoms with E-state index >= 15 is 0 Å². The lowest BCUT2D eigenvalue weighted by Gasteiger charge is -2.30. The molecule has 0 unspecified atom stereocenters. The van der Waals surface area contributed by atoms with Gasteiger partial charge in [0.05, 0.1) is 18.1 Å². The van der Waals surface area contributed by atoms with Crippen LogP contribution in [0.4, 0.5) is 29.2 Å². The van der Waals surface area contributed by atoms with Crippen LogP contribution in [0.5, 0.6) is 0 Å². The van der Waals surface area contributed by atoms with Crippen LogP contribution in [0.1, 0.15) is 74.3 Å². The molecule has 2 saturated heterocycles. The Kier molecular flexibility index (Phi) is 11.5. The highest BCUT2D eigenvalue weighted by atomic mass is 19.3. The van der Waals surface area contributed by atoms with E-state index in [1.54, 1.807) is 0 Å². The van der Waals surface area contributed by atoms with Crippen molar-refractivity contribution in [1.29, 1.82) is 0 Å². The molecule has 0 aromatic carbocycles. The van der Waals surface area contributed by atoms with E-state index in [9.17, 15) is 37.4 Å². The van der Waals surface area contributed by atoms with E-state index in [4.69, 9.17) is 20.9 Å². The Morgan fingerprint density at radius 2 is 1.21 bits per heavy atom. The summed E-state index contributed by atoms with van der Waals surface area (Å²) in [7, 11) is 0. The number of aliphatic hydroxyl groups excluding tert-OH is 2. The van der Waals surface area contributed by atoms with Gasteiger partial charge in [-0.05, 0) is 31.4 Å². The van der Waals surface area contributed by atoms with Crippen LogP contribution >= 0.6 is 0 Å². The molecule has 4 heterocycles. The maximum absolute atomic E-state index is 14.5. The van der Waals surface area contributed by atoms with Crippen molar-refractivity contribution in [2.45, 2.75) is 103 Å². The molecule has 240 valence electrons. The largest absolute Gasteiger partial charge is 0.393 e. The summed E-state index contributed by atoms with van der Waals surface area (Å²) < 4.78 is 69.3. The summed E-state index contributed by atoms with van der Waals surface area (Å²) in [4.78, 5) is 30.2. The topological polar surface area (TPSA) is 181 Å². The first kappa shape index (κ1) is 36.9. The number of hydrogen-bond acceptors (Lipinski definition) is 10. The minimum atomic E-state index is -3.75. The first-order chi connectivity index (χ1) is 18.6. The van der Waals surface area contributed by atoms with Crippen molar-refractivity contribution < 1.29 is 37.2 Å². The van der Waals surface area contributed by atoms with Gasteiger partial charge in [0.1, 0.15) is 17.2 Å². The molecule has 2 aromatic heterocycles. The van der Waals surface area contributed by atoms with Crippen LogP contribution < -0.4 is 22.8 Å². The Bertz CT molecular complexity index is 1220. The van der Waals surface area contributed by atoms with Crippen molar-refractivity contribution in [3.63, 3.8) is 0 Å². The molecule has 0 amide bonds. The highest BCUT2D eigenvalue weighted by Crippen LogP contribution is 2.54. The van der Waals surface area contributed by atoms with Crippen LogP contribution in [0.3, 0.4) is 0 Å². The summed E-state index contributed by atoms with van der Waals surface area (Å²) in [5.74, 6) is -8.00. The lowest BCUT2D eigenvalue weighted by atomic mass is 9.82. The quantitative estimate of drug-likeness (QED) is 0.355. The summed E-state index contributed by atoms with van der Waals surface area (Å²) in [6.45, 7) is 5.77. The minimum absolute atomic E-state index is 0. The fraction of sp³-hybridized carbons (Fsp3) is 0.692. The van der Waals surface area contributed by atoms with Crippen LogP contribution in [0.15, 0.2) is 34.1 Å². The van der Waals surface area contributed by atoms with Gasteiger partial charge in [0, 0.05) is 12.4 Å². The predicted octanol–water partition coefficient (Wildman–Crippen LogP) is 2.95. The standard InChI is InChI=1S/C13H19F2N3O2.C11H15F2N3O4.2CH4/c1-4-12(5-2)8(3)13(14,15)10(20-12)18-7-6-9(16)17-11(18)19;1-2-10(5-17)7(18)11(12,13)8(20-10)16-4-3-6(14)15-9(16)19;;/h6-8,10H,4-5H2,1-3H3,(H2,16,17,19);3-4,7-8,17-18H,2,5H2,1H3,(H2,14,15,19);2*1H4/t8-,10-;7-,8-,10-;;/m11../s1. The lowest BCUT2D eigenvalue weighted by molar-refractivity contribution is -0.145. The third kappa shape index (κ3) is 6.02. The fourth-order valence-corrected chi connectivity index (χ4v) is 5.05. The second-order valence-corrected chi connectivity index (χ2v) is 9.85. The molecular formula is C26H42F4N6O6. The highest BCUT2D eigenvalue weighted by Gasteiger charge is 2.66. The van der Waals surface area contributed by atoms with Crippen LogP contribution in [-0.4, -0.2) is 65.1 Å². The van der Waals surface area contributed by atoms with E-state index in [0.29, 0.717) is 17.4 Å². The smallest absolute Gasteiger partial charge is 0.351 e.